The molecule has 0 aromatic carbocycles. The van der Waals surface area contributed by atoms with Crippen molar-refractivity contribution < 1.29 is 8.42 Å². The third-order valence-electron chi connectivity index (χ3n) is 3.38. The molecule has 1 heterocycles. The number of nitrogens with zero attached hydrogens (tertiary/aromatic N) is 2. The lowest BCUT2D eigenvalue weighted by molar-refractivity contribution is 0.410. The van der Waals surface area contributed by atoms with Gasteiger partial charge in [0.05, 0.1) is 0 Å². The van der Waals surface area contributed by atoms with Crippen LogP contribution in [0.25, 0.3) is 0 Å². The molecule has 1 aliphatic carbocycles. The molecule has 5 heteroatoms. The molecule has 2 rings (SSSR count). The highest BCUT2D eigenvalue weighted by molar-refractivity contribution is 7.86. The van der Waals surface area contributed by atoms with Crippen LogP contribution in [0.15, 0.2) is 12.2 Å². The Labute approximate surface area is 91.7 Å². The fourth-order valence-corrected chi connectivity index (χ4v) is 3.61. The van der Waals surface area contributed by atoms with Gasteiger partial charge in [-0.3, -0.25) is 0 Å². The van der Waals surface area contributed by atoms with Gasteiger partial charge in [-0.15, -0.1) is 0 Å². The van der Waals surface area contributed by atoms with Gasteiger partial charge < -0.3 is 0 Å². The van der Waals surface area contributed by atoms with E-state index in [1.807, 2.05) is 0 Å². The van der Waals surface area contributed by atoms with E-state index in [2.05, 4.69) is 12.2 Å². The average Bonchev–Trinajstić information content (AvgIpc) is 2.61. The third kappa shape index (κ3) is 1.96. The summed E-state index contributed by atoms with van der Waals surface area (Å²) in [6.45, 7) is 1.38. The van der Waals surface area contributed by atoms with E-state index in [4.69, 9.17) is 0 Å². The fraction of sp³-hybridized carbons (Fsp3) is 0.800. The van der Waals surface area contributed by atoms with E-state index < -0.39 is 10.2 Å². The largest absolute Gasteiger partial charge is 0.281 e. The van der Waals surface area contributed by atoms with E-state index in [0.717, 1.165) is 12.8 Å². The Bertz CT molecular complexity index is 346. The Morgan fingerprint density at radius 2 is 1.60 bits per heavy atom. The summed E-state index contributed by atoms with van der Waals surface area (Å²) >= 11 is 0. The van der Waals surface area contributed by atoms with Crippen molar-refractivity contribution in [3.05, 3.63) is 12.2 Å². The SMILES string of the molecule is CN(C)S(=O)(=O)N1CC2CC=CCC2C1. The lowest BCUT2D eigenvalue weighted by atomic mass is 9.86. The summed E-state index contributed by atoms with van der Waals surface area (Å²) < 4.78 is 26.7. The molecule has 0 aromatic heterocycles. The molecular weight excluding hydrogens is 212 g/mol. The van der Waals surface area contributed by atoms with E-state index in [1.165, 1.54) is 4.31 Å². The molecule has 1 aliphatic heterocycles. The van der Waals surface area contributed by atoms with Crippen LogP contribution in [0.1, 0.15) is 12.8 Å². The molecule has 1 fully saturated rings. The predicted molar refractivity (Wildman–Crippen MR) is 59.5 cm³/mol. The van der Waals surface area contributed by atoms with Crippen molar-refractivity contribution in [2.24, 2.45) is 11.8 Å². The highest BCUT2D eigenvalue weighted by Crippen LogP contribution is 2.34. The van der Waals surface area contributed by atoms with Crippen molar-refractivity contribution >= 4 is 10.2 Å². The van der Waals surface area contributed by atoms with Crippen LogP contribution in [0.4, 0.5) is 0 Å². The first kappa shape index (κ1) is 11.1. The number of hydrogen-bond acceptors (Lipinski definition) is 2. The Kier molecular flexibility index (Phi) is 2.87. The minimum absolute atomic E-state index is 0.532. The van der Waals surface area contributed by atoms with Gasteiger partial charge in [0.15, 0.2) is 0 Å². The second kappa shape index (κ2) is 3.88. The lowest BCUT2D eigenvalue weighted by Crippen LogP contribution is -2.38. The normalized spacial score (nSPS) is 32.2. The maximum Gasteiger partial charge on any atom is 0.281 e. The van der Waals surface area contributed by atoms with Crippen LogP contribution in [0, 0.1) is 11.8 Å². The summed E-state index contributed by atoms with van der Waals surface area (Å²) in [5.41, 5.74) is 0. The minimum Gasteiger partial charge on any atom is -0.195 e. The number of allylic oxidation sites excluding steroid dienone is 2. The Morgan fingerprint density at radius 1 is 1.13 bits per heavy atom. The standard InChI is InChI=1S/C10H18N2O2S/c1-11(2)15(13,14)12-7-9-5-3-4-6-10(9)8-12/h3-4,9-10H,5-8H2,1-2H3. The number of fused-ring (bicyclic) bond motifs is 1. The first-order chi connectivity index (χ1) is 7.01. The maximum atomic E-state index is 11.9. The molecular formula is C10H18N2O2S. The van der Waals surface area contributed by atoms with Gasteiger partial charge in [0.1, 0.15) is 0 Å². The van der Waals surface area contributed by atoms with Gasteiger partial charge in [0, 0.05) is 27.2 Å². The van der Waals surface area contributed by atoms with Crippen LogP contribution < -0.4 is 0 Å². The zero-order valence-corrected chi connectivity index (χ0v) is 10.1. The highest BCUT2D eigenvalue weighted by Gasteiger charge is 2.39. The Morgan fingerprint density at radius 3 is 2.00 bits per heavy atom. The summed E-state index contributed by atoms with van der Waals surface area (Å²) in [6, 6.07) is 0. The van der Waals surface area contributed by atoms with Crippen LogP contribution in [-0.4, -0.2) is 44.2 Å². The van der Waals surface area contributed by atoms with Gasteiger partial charge in [0.2, 0.25) is 0 Å². The van der Waals surface area contributed by atoms with Crippen LogP contribution in [0.5, 0.6) is 0 Å². The second-order valence-corrected chi connectivity index (χ2v) is 6.71. The van der Waals surface area contributed by atoms with E-state index in [0.29, 0.717) is 24.9 Å². The molecule has 0 saturated carbocycles. The molecule has 0 spiro atoms. The summed E-state index contributed by atoms with van der Waals surface area (Å²) in [5.74, 6) is 1.06. The molecule has 4 nitrogen and oxygen atoms in total. The van der Waals surface area contributed by atoms with E-state index in [-0.39, 0.29) is 0 Å². The zero-order chi connectivity index (χ0) is 11.1. The molecule has 0 amide bonds. The van der Waals surface area contributed by atoms with Crippen molar-refractivity contribution in [1.82, 2.24) is 8.61 Å². The van der Waals surface area contributed by atoms with Gasteiger partial charge in [0.25, 0.3) is 10.2 Å². The van der Waals surface area contributed by atoms with Gasteiger partial charge in [-0.05, 0) is 24.7 Å². The first-order valence-electron chi connectivity index (χ1n) is 5.34. The fourth-order valence-electron chi connectivity index (χ4n) is 2.39. The highest BCUT2D eigenvalue weighted by atomic mass is 32.2. The summed E-state index contributed by atoms with van der Waals surface area (Å²) in [7, 11) is -0.0103. The molecule has 1 saturated heterocycles. The van der Waals surface area contributed by atoms with E-state index in [9.17, 15) is 8.42 Å². The predicted octanol–water partition coefficient (Wildman–Crippen LogP) is 0.691. The first-order valence-corrected chi connectivity index (χ1v) is 6.74. The monoisotopic (exact) mass is 230 g/mol. The van der Waals surface area contributed by atoms with Gasteiger partial charge >= 0.3 is 0 Å². The summed E-state index contributed by atoms with van der Waals surface area (Å²) in [5, 5.41) is 0. The average molecular weight is 230 g/mol. The van der Waals surface area contributed by atoms with Crippen LogP contribution in [-0.2, 0) is 10.2 Å². The minimum atomic E-state index is -3.20. The smallest absolute Gasteiger partial charge is 0.195 e. The zero-order valence-electron chi connectivity index (χ0n) is 9.26. The van der Waals surface area contributed by atoms with Crippen LogP contribution >= 0.6 is 0 Å². The van der Waals surface area contributed by atoms with Crippen molar-refractivity contribution in [3.63, 3.8) is 0 Å². The molecule has 0 bridgehead atoms. The van der Waals surface area contributed by atoms with Crippen molar-refractivity contribution in [3.8, 4) is 0 Å². The Balaban J connectivity index is 2.11. The number of hydrogen-bond donors (Lipinski definition) is 0. The number of rotatable bonds is 2. The molecule has 0 aromatic rings. The van der Waals surface area contributed by atoms with Gasteiger partial charge in [-0.25, -0.2) is 0 Å². The molecule has 15 heavy (non-hydrogen) atoms. The maximum absolute atomic E-state index is 11.9. The molecule has 2 unspecified atom stereocenters. The quantitative estimate of drug-likeness (QED) is 0.655. The van der Waals surface area contributed by atoms with Gasteiger partial charge in [-0.2, -0.15) is 17.0 Å². The molecule has 2 atom stereocenters. The van der Waals surface area contributed by atoms with Crippen molar-refractivity contribution in [2.45, 2.75) is 12.8 Å². The van der Waals surface area contributed by atoms with Gasteiger partial charge in [-0.1, -0.05) is 12.2 Å². The van der Waals surface area contributed by atoms with Crippen molar-refractivity contribution in [1.29, 1.82) is 0 Å². The second-order valence-electron chi connectivity index (χ2n) is 4.57. The lowest BCUT2D eigenvalue weighted by Gasteiger charge is -2.20. The molecule has 86 valence electrons. The molecule has 0 N–H and O–H groups in total. The van der Waals surface area contributed by atoms with Crippen LogP contribution in [0.2, 0.25) is 0 Å². The van der Waals surface area contributed by atoms with E-state index >= 15 is 0 Å². The summed E-state index contributed by atoms with van der Waals surface area (Å²) in [4.78, 5) is 0. The van der Waals surface area contributed by atoms with E-state index in [1.54, 1.807) is 18.4 Å². The van der Waals surface area contributed by atoms with Crippen LogP contribution in [0.3, 0.4) is 0 Å². The molecule has 2 aliphatic rings. The third-order valence-corrected chi connectivity index (χ3v) is 5.25. The van der Waals surface area contributed by atoms with Crippen molar-refractivity contribution in [2.75, 3.05) is 27.2 Å². The Hall–Kier alpha value is -0.390. The summed E-state index contributed by atoms with van der Waals surface area (Å²) in [6.07, 6.45) is 6.41. The topological polar surface area (TPSA) is 40.6 Å². The molecule has 0 radical (unpaired) electrons.